The van der Waals surface area contributed by atoms with Crippen molar-refractivity contribution in [2.24, 2.45) is 0 Å². The predicted octanol–water partition coefficient (Wildman–Crippen LogP) is 3.94. The van der Waals surface area contributed by atoms with Crippen LogP contribution in [0.4, 0.5) is 14.5 Å². The molecule has 1 unspecified atom stereocenters. The van der Waals surface area contributed by atoms with Crippen LogP contribution in [-0.4, -0.2) is 19.6 Å². The summed E-state index contributed by atoms with van der Waals surface area (Å²) in [6.07, 6.45) is -0.813. The first-order valence-corrected chi connectivity index (χ1v) is 7.81. The summed E-state index contributed by atoms with van der Waals surface area (Å²) in [5.41, 5.74) is 1.85. The lowest BCUT2D eigenvalue weighted by Crippen LogP contribution is -2.30. The number of alkyl halides is 2. The second kappa shape index (κ2) is 7.25. The Morgan fingerprint density at radius 3 is 2.80 bits per heavy atom. The van der Waals surface area contributed by atoms with Gasteiger partial charge in [0.2, 0.25) is 0 Å². The molecule has 0 bridgehead atoms. The van der Waals surface area contributed by atoms with Crippen LogP contribution in [0.3, 0.4) is 0 Å². The maximum absolute atomic E-state index is 12.7. The Bertz CT molecular complexity index is 801. The van der Waals surface area contributed by atoms with Crippen LogP contribution >= 0.6 is 11.6 Å². The van der Waals surface area contributed by atoms with E-state index >= 15 is 0 Å². The number of ether oxygens (including phenoxy) is 2. The van der Waals surface area contributed by atoms with Gasteiger partial charge in [0.1, 0.15) is 5.75 Å². The summed E-state index contributed by atoms with van der Waals surface area (Å²) < 4.78 is 35.4. The third kappa shape index (κ3) is 3.67. The SMILES string of the molecule is COC1NC(=O)c2ccc(Cl)cc2NCc2c(OC(F)F)cccc21. The molecule has 8 heteroatoms. The predicted molar refractivity (Wildman–Crippen MR) is 89.1 cm³/mol. The Labute approximate surface area is 147 Å². The monoisotopic (exact) mass is 368 g/mol. The number of benzene rings is 2. The molecule has 1 aliphatic heterocycles. The van der Waals surface area contributed by atoms with Crippen molar-refractivity contribution in [3.8, 4) is 5.75 Å². The fourth-order valence-electron chi connectivity index (χ4n) is 2.73. The lowest BCUT2D eigenvalue weighted by atomic mass is 10.0. The highest BCUT2D eigenvalue weighted by Crippen LogP contribution is 2.32. The van der Waals surface area contributed by atoms with Gasteiger partial charge in [-0.1, -0.05) is 23.7 Å². The molecule has 1 heterocycles. The van der Waals surface area contributed by atoms with Gasteiger partial charge in [0.15, 0.2) is 6.23 Å². The summed E-state index contributed by atoms with van der Waals surface area (Å²) in [5.74, 6) is -0.360. The fraction of sp³-hybridized carbons (Fsp3) is 0.235. The molecule has 1 amide bonds. The van der Waals surface area contributed by atoms with Gasteiger partial charge in [-0.2, -0.15) is 8.78 Å². The first-order chi connectivity index (χ1) is 12.0. The minimum Gasteiger partial charge on any atom is -0.434 e. The summed E-state index contributed by atoms with van der Waals surface area (Å²) in [6, 6.07) is 9.47. The van der Waals surface area contributed by atoms with E-state index in [1.54, 1.807) is 30.3 Å². The Morgan fingerprint density at radius 2 is 2.08 bits per heavy atom. The van der Waals surface area contributed by atoms with E-state index in [2.05, 4.69) is 15.4 Å². The first-order valence-electron chi connectivity index (χ1n) is 7.43. The Balaban J connectivity index is 2.10. The molecule has 0 fully saturated rings. The summed E-state index contributed by atoms with van der Waals surface area (Å²) in [5, 5.41) is 6.24. The summed E-state index contributed by atoms with van der Waals surface area (Å²) in [7, 11) is 1.42. The lowest BCUT2D eigenvalue weighted by molar-refractivity contribution is -0.0506. The van der Waals surface area contributed by atoms with E-state index in [0.717, 1.165) is 0 Å². The summed E-state index contributed by atoms with van der Waals surface area (Å²) in [4.78, 5) is 12.5. The molecule has 0 saturated heterocycles. The molecule has 132 valence electrons. The van der Waals surface area contributed by atoms with Crippen LogP contribution in [0.15, 0.2) is 36.4 Å². The molecule has 2 aromatic rings. The number of amides is 1. The van der Waals surface area contributed by atoms with Crippen LogP contribution in [0.25, 0.3) is 0 Å². The average Bonchev–Trinajstić information content (AvgIpc) is 2.62. The first kappa shape index (κ1) is 17.4. The van der Waals surface area contributed by atoms with Crippen molar-refractivity contribution in [2.45, 2.75) is 19.4 Å². The minimum atomic E-state index is -2.96. The van der Waals surface area contributed by atoms with Crippen LogP contribution in [0.5, 0.6) is 5.75 Å². The third-order valence-electron chi connectivity index (χ3n) is 3.85. The number of nitrogens with one attached hydrogen (secondary N) is 2. The van der Waals surface area contributed by atoms with Gasteiger partial charge in [-0.15, -0.1) is 0 Å². The van der Waals surface area contributed by atoms with Crippen molar-refractivity contribution < 1.29 is 23.0 Å². The Kier molecular flexibility index (Phi) is 5.06. The molecule has 3 rings (SSSR count). The zero-order valence-electron chi connectivity index (χ0n) is 13.2. The largest absolute Gasteiger partial charge is 0.434 e. The highest BCUT2D eigenvalue weighted by atomic mass is 35.5. The smallest absolute Gasteiger partial charge is 0.387 e. The molecule has 0 saturated carbocycles. The van der Waals surface area contributed by atoms with E-state index in [1.165, 1.54) is 13.2 Å². The lowest BCUT2D eigenvalue weighted by Gasteiger charge is -2.21. The van der Waals surface area contributed by atoms with Crippen molar-refractivity contribution in [3.63, 3.8) is 0 Å². The van der Waals surface area contributed by atoms with E-state index in [9.17, 15) is 13.6 Å². The van der Waals surface area contributed by atoms with Gasteiger partial charge in [-0.25, -0.2) is 0 Å². The molecule has 0 aromatic heterocycles. The second-order valence-corrected chi connectivity index (χ2v) is 5.77. The molecule has 0 radical (unpaired) electrons. The Morgan fingerprint density at radius 1 is 1.28 bits per heavy atom. The number of hydrogen-bond acceptors (Lipinski definition) is 4. The van der Waals surface area contributed by atoms with E-state index in [1.807, 2.05) is 0 Å². The van der Waals surface area contributed by atoms with Crippen LogP contribution < -0.4 is 15.4 Å². The molecular weight excluding hydrogens is 354 g/mol. The highest BCUT2D eigenvalue weighted by molar-refractivity contribution is 6.31. The second-order valence-electron chi connectivity index (χ2n) is 5.34. The van der Waals surface area contributed by atoms with Crippen molar-refractivity contribution in [1.29, 1.82) is 0 Å². The molecule has 0 spiro atoms. The van der Waals surface area contributed by atoms with E-state index in [0.29, 0.717) is 27.4 Å². The Hall–Kier alpha value is -2.38. The summed E-state index contributed by atoms with van der Waals surface area (Å²) in [6.45, 7) is -2.81. The van der Waals surface area contributed by atoms with E-state index < -0.39 is 12.8 Å². The quantitative estimate of drug-likeness (QED) is 0.861. The van der Waals surface area contributed by atoms with Crippen LogP contribution in [0.1, 0.15) is 27.7 Å². The van der Waals surface area contributed by atoms with Crippen molar-refractivity contribution in [1.82, 2.24) is 5.32 Å². The molecule has 2 aromatic carbocycles. The maximum atomic E-state index is 12.7. The zero-order chi connectivity index (χ0) is 18.0. The van der Waals surface area contributed by atoms with Gasteiger partial charge in [0.05, 0.1) is 5.56 Å². The third-order valence-corrected chi connectivity index (χ3v) is 4.08. The standard InChI is InChI=1S/C17H15ClF2N2O3/c1-24-16-10-3-2-4-14(25-17(19)20)12(10)8-21-13-7-9(18)5-6-11(13)15(23)22-16/h2-7,16-17,21H,8H2,1H3,(H,22,23). The number of methoxy groups -OCH3 is 1. The van der Waals surface area contributed by atoms with Gasteiger partial charge < -0.3 is 20.1 Å². The molecule has 5 nitrogen and oxygen atoms in total. The molecule has 0 aliphatic carbocycles. The van der Waals surface area contributed by atoms with Crippen molar-refractivity contribution >= 4 is 23.2 Å². The fourth-order valence-corrected chi connectivity index (χ4v) is 2.90. The number of carbonyl (C=O) groups excluding carboxylic acids is 1. The number of carbonyl (C=O) groups is 1. The average molecular weight is 369 g/mol. The zero-order valence-corrected chi connectivity index (χ0v) is 13.9. The van der Waals surface area contributed by atoms with Crippen LogP contribution in [0.2, 0.25) is 5.02 Å². The van der Waals surface area contributed by atoms with Crippen molar-refractivity contribution in [2.75, 3.05) is 12.4 Å². The normalized spacial score (nSPS) is 16.7. The van der Waals surface area contributed by atoms with Gasteiger partial charge in [-0.3, -0.25) is 4.79 Å². The van der Waals surface area contributed by atoms with Crippen LogP contribution in [-0.2, 0) is 11.3 Å². The highest BCUT2D eigenvalue weighted by Gasteiger charge is 2.25. The topological polar surface area (TPSA) is 59.6 Å². The summed E-state index contributed by atoms with van der Waals surface area (Å²) >= 11 is 6.00. The number of rotatable bonds is 3. The number of fused-ring (bicyclic) bond motifs is 2. The molecular formula is C17H15ClF2N2O3. The van der Waals surface area contributed by atoms with Crippen molar-refractivity contribution in [3.05, 3.63) is 58.1 Å². The van der Waals surface area contributed by atoms with Gasteiger partial charge in [0, 0.05) is 35.5 Å². The number of hydrogen-bond donors (Lipinski definition) is 2. The van der Waals surface area contributed by atoms with Gasteiger partial charge in [0.25, 0.3) is 5.91 Å². The van der Waals surface area contributed by atoms with Gasteiger partial charge in [-0.05, 0) is 24.3 Å². The molecule has 1 atom stereocenters. The van der Waals surface area contributed by atoms with Crippen LogP contribution in [0, 0.1) is 0 Å². The maximum Gasteiger partial charge on any atom is 0.387 e. The molecule has 2 N–H and O–H groups in total. The van der Waals surface area contributed by atoms with E-state index in [4.69, 9.17) is 16.3 Å². The number of anilines is 1. The molecule has 25 heavy (non-hydrogen) atoms. The molecule has 1 aliphatic rings. The minimum absolute atomic E-state index is 0.0155. The number of halogens is 3. The van der Waals surface area contributed by atoms with E-state index in [-0.39, 0.29) is 18.2 Å². The van der Waals surface area contributed by atoms with Gasteiger partial charge >= 0.3 is 6.61 Å².